The van der Waals surface area contributed by atoms with Crippen molar-refractivity contribution in [2.24, 2.45) is 7.05 Å². The van der Waals surface area contributed by atoms with Gasteiger partial charge in [-0.3, -0.25) is 9.69 Å². The first-order valence-corrected chi connectivity index (χ1v) is 9.62. The number of carbonyl (C=O) groups excluding carboxylic acids is 1. The lowest BCUT2D eigenvalue weighted by atomic mass is 10.0. The second-order valence-corrected chi connectivity index (χ2v) is 7.25. The van der Waals surface area contributed by atoms with E-state index in [0.29, 0.717) is 5.69 Å². The molecule has 0 bridgehead atoms. The molecule has 1 aliphatic heterocycles. The fourth-order valence-electron chi connectivity index (χ4n) is 4.11. The average molecular weight is 377 g/mol. The fraction of sp³-hybridized carbons (Fsp3) is 0.261. The van der Waals surface area contributed by atoms with Crippen LogP contribution >= 0.6 is 0 Å². The minimum atomic E-state index is -0.409. The van der Waals surface area contributed by atoms with Gasteiger partial charge in [-0.25, -0.2) is 4.39 Å². The van der Waals surface area contributed by atoms with Crippen LogP contribution in [0.2, 0.25) is 0 Å². The van der Waals surface area contributed by atoms with E-state index in [9.17, 15) is 9.18 Å². The van der Waals surface area contributed by atoms with Gasteiger partial charge >= 0.3 is 0 Å². The lowest BCUT2D eigenvalue weighted by Crippen LogP contribution is -2.37. The molecule has 0 unspecified atom stereocenters. The zero-order valence-corrected chi connectivity index (χ0v) is 15.9. The number of rotatable bonds is 5. The molecule has 5 heteroatoms. The van der Waals surface area contributed by atoms with Gasteiger partial charge in [0.1, 0.15) is 11.9 Å². The van der Waals surface area contributed by atoms with Gasteiger partial charge in [-0.05, 0) is 61.3 Å². The van der Waals surface area contributed by atoms with Gasteiger partial charge < -0.3 is 9.88 Å². The van der Waals surface area contributed by atoms with Crippen molar-refractivity contribution in [3.05, 3.63) is 90.0 Å². The molecule has 3 aromatic rings. The first kappa shape index (κ1) is 18.4. The van der Waals surface area contributed by atoms with Gasteiger partial charge in [0.15, 0.2) is 0 Å². The topological polar surface area (TPSA) is 37.3 Å². The molecule has 2 atom stereocenters. The van der Waals surface area contributed by atoms with E-state index in [2.05, 4.69) is 20.9 Å². The summed E-state index contributed by atoms with van der Waals surface area (Å²) in [5.74, 6) is -0.417. The van der Waals surface area contributed by atoms with Gasteiger partial charge in [0, 0.05) is 24.6 Å². The van der Waals surface area contributed by atoms with Gasteiger partial charge in [-0.1, -0.05) is 30.3 Å². The number of aromatic nitrogens is 1. The van der Waals surface area contributed by atoms with E-state index in [0.717, 1.165) is 24.9 Å². The van der Waals surface area contributed by atoms with Crippen molar-refractivity contribution in [2.75, 3.05) is 11.9 Å². The van der Waals surface area contributed by atoms with Crippen LogP contribution in [0.3, 0.4) is 0 Å². The van der Waals surface area contributed by atoms with E-state index >= 15 is 0 Å². The summed E-state index contributed by atoms with van der Waals surface area (Å²) < 4.78 is 15.3. The minimum absolute atomic E-state index is 0.0982. The number of nitrogens with zero attached hydrogens (tertiary/aromatic N) is 2. The monoisotopic (exact) mass is 377 g/mol. The fourth-order valence-corrected chi connectivity index (χ4v) is 4.11. The smallest absolute Gasteiger partial charge is 0.246 e. The van der Waals surface area contributed by atoms with E-state index < -0.39 is 6.04 Å². The van der Waals surface area contributed by atoms with E-state index in [1.165, 1.54) is 17.8 Å². The Morgan fingerprint density at radius 3 is 2.50 bits per heavy atom. The summed E-state index contributed by atoms with van der Waals surface area (Å²) in [7, 11) is 2.04. The quantitative estimate of drug-likeness (QED) is 0.701. The van der Waals surface area contributed by atoms with Gasteiger partial charge in [0.2, 0.25) is 5.91 Å². The van der Waals surface area contributed by atoms with Crippen LogP contribution in [0.15, 0.2) is 72.9 Å². The highest BCUT2D eigenvalue weighted by atomic mass is 19.1. The number of aryl methyl sites for hydroxylation is 1. The summed E-state index contributed by atoms with van der Waals surface area (Å²) in [4.78, 5) is 15.6. The Kier molecular flexibility index (Phi) is 5.26. The van der Waals surface area contributed by atoms with Crippen molar-refractivity contribution in [2.45, 2.75) is 24.9 Å². The molecule has 0 saturated carbocycles. The van der Waals surface area contributed by atoms with Gasteiger partial charge in [0.05, 0.1) is 6.04 Å². The van der Waals surface area contributed by atoms with Crippen LogP contribution in [-0.4, -0.2) is 21.9 Å². The van der Waals surface area contributed by atoms with Crippen molar-refractivity contribution in [1.82, 2.24) is 9.47 Å². The van der Waals surface area contributed by atoms with E-state index in [4.69, 9.17) is 0 Å². The van der Waals surface area contributed by atoms with Crippen LogP contribution in [0.1, 0.15) is 36.2 Å². The maximum absolute atomic E-state index is 13.3. The highest BCUT2D eigenvalue weighted by Crippen LogP contribution is 2.39. The number of carbonyl (C=O) groups is 1. The molecule has 28 heavy (non-hydrogen) atoms. The Bertz CT molecular complexity index is 936. The number of amides is 1. The summed E-state index contributed by atoms with van der Waals surface area (Å²) in [5, 5.41) is 2.97. The Balaban J connectivity index is 1.66. The van der Waals surface area contributed by atoms with Crippen LogP contribution in [0.5, 0.6) is 0 Å². The number of nitrogens with one attached hydrogen (secondary N) is 1. The Morgan fingerprint density at radius 1 is 1.07 bits per heavy atom. The lowest BCUT2D eigenvalue weighted by Gasteiger charge is -2.33. The molecule has 1 N–H and O–H groups in total. The van der Waals surface area contributed by atoms with Crippen LogP contribution < -0.4 is 5.32 Å². The van der Waals surface area contributed by atoms with Crippen LogP contribution in [0.25, 0.3) is 0 Å². The highest BCUT2D eigenvalue weighted by Gasteiger charge is 2.37. The first-order chi connectivity index (χ1) is 13.6. The average Bonchev–Trinajstić information content (AvgIpc) is 3.33. The molecule has 1 aliphatic rings. The summed E-state index contributed by atoms with van der Waals surface area (Å²) in [6, 6.07) is 19.7. The molecular weight excluding hydrogens is 353 g/mol. The zero-order chi connectivity index (χ0) is 19.5. The number of hydrogen-bond donors (Lipinski definition) is 1. The van der Waals surface area contributed by atoms with E-state index in [1.807, 2.05) is 49.6 Å². The summed E-state index contributed by atoms with van der Waals surface area (Å²) in [6.07, 6.45) is 4.11. The van der Waals surface area contributed by atoms with Crippen molar-refractivity contribution in [1.29, 1.82) is 0 Å². The highest BCUT2D eigenvalue weighted by molar-refractivity contribution is 5.95. The molecule has 1 aromatic heterocycles. The van der Waals surface area contributed by atoms with Crippen LogP contribution in [0.4, 0.5) is 10.1 Å². The normalized spacial score (nSPS) is 18.1. The maximum atomic E-state index is 13.3. The standard InChI is InChI=1S/C23H24FN3O/c1-26-15-5-9-20(26)21-10-6-16-27(21)22(17-7-3-2-4-8-17)23(28)25-19-13-11-18(24)12-14-19/h2-5,7-9,11-15,21-22H,6,10,16H2,1H3,(H,25,28)/t21-,22-/m1/s1. The van der Waals surface area contributed by atoms with Gasteiger partial charge in [-0.15, -0.1) is 0 Å². The first-order valence-electron chi connectivity index (χ1n) is 9.62. The predicted octanol–water partition coefficient (Wildman–Crippen LogP) is 4.68. The molecule has 0 spiro atoms. The van der Waals surface area contributed by atoms with Crippen molar-refractivity contribution < 1.29 is 9.18 Å². The predicted molar refractivity (Wildman–Crippen MR) is 108 cm³/mol. The van der Waals surface area contributed by atoms with E-state index in [1.54, 1.807) is 12.1 Å². The molecule has 0 radical (unpaired) electrons. The third-order valence-corrected chi connectivity index (χ3v) is 5.43. The maximum Gasteiger partial charge on any atom is 0.246 e. The number of likely N-dealkylation sites (tertiary alicyclic amines) is 1. The number of anilines is 1. The number of benzene rings is 2. The van der Waals surface area contributed by atoms with Crippen LogP contribution in [0, 0.1) is 5.82 Å². The van der Waals surface area contributed by atoms with Crippen LogP contribution in [-0.2, 0) is 11.8 Å². The lowest BCUT2D eigenvalue weighted by molar-refractivity contribution is -0.122. The Labute approximate surface area is 164 Å². The summed E-state index contributed by atoms with van der Waals surface area (Å²) in [5.41, 5.74) is 2.78. The second kappa shape index (κ2) is 7.98. The molecule has 1 amide bonds. The SMILES string of the molecule is Cn1cccc1[C@H]1CCCN1[C@@H](C(=O)Nc1ccc(F)cc1)c1ccccc1. The van der Waals surface area contributed by atoms with Gasteiger partial charge in [0.25, 0.3) is 0 Å². The zero-order valence-electron chi connectivity index (χ0n) is 15.9. The molecule has 2 aromatic carbocycles. The molecule has 4 rings (SSSR count). The Hall–Kier alpha value is -2.92. The molecule has 1 fully saturated rings. The molecule has 0 aliphatic carbocycles. The second-order valence-electron chi connectivity index (χ2n) is 7.25. The Morgan fingerprint density at radius 2 is 1.82 bits per heavy atom. The number of halogens is 1. The molecule has 144 valence electrons. The van der Waals surface area contributed by atoms with Gasteiger partial charge in [-0.2, -0.15) is 0 Å². The summed E-state index contributed by atoms with van der Waals surface area (Å²) in [6.45, 7) is 0.853. The van der Waals surface area contributed by atoms with Crippen molar-refractivity contribution in [3.63, 3.8) is 0 Å². The minimum Gasteiger partial charge on any atom is -0.353 e. The molecule has 2 heterocycles. The molecule has 1 saturated heterocycles. The summed E-state index contributed by atoms with van der Waals surface area (Å²) >= 11 is 0. The molecular formula is C23H24FN3O. The third-order valence-electron chi connectivity index (χ3n) is 5.43. The van der Waals surface area contributed by atoms with Crippen molar-refractivity contribution in [3.8, 4) is 0 Å². The van der Waals surface area contributed by atoms with Crippen molar-refractivity contribution >= 4 is 11.6 Å². The third kappa shape index (κ3) is 3.71. The largest absolute Gasteiger partial charge is 0.353 e. The number of hydrogen-bond acceptors (Lipinski definition) is 2. The molecule has 4 nitrogen and oxygen atoms in total. The van der Waals surface area contributed by atoms with E-state index in [-0.39, 0.29) is 17.8 Å².